The molecule has 2 heterocycles. The van der Waals surface area contributed by atoms with Crippen LogP contribution in [0, 0.1) is 0 Å². The Labute approximate surface area is 78.3 Å². The van der Waals surface area contributed by atoms with E-state index in [9.17, 15) is 14.4 Å². The summed E-state index contributed by atoms with van der Waals surface area (Å²) in [5, 5.41) is 0.0287. The second-order valence-corrected chi connectivity index (χ2v) is 4.00. The standard InChI is InChI=1S/C8H5NO3S/c10-3-5-2-9-7(12)1-8(9)13-6(5)4-11/h8H,1-2H2/t8-/m1/s1. The van der Waals surface area contributed by atoms with Crippen LogP contribution in [0.15, 0.2) is 10.5 Å². The van der Waals surface area contributed by atoms with Crippen LogP contribution in [0.4, 0.5) is 0 Å². The molecule has 2 rings (SSSR count). The van der Waals surface area contributed by atoms with Crippen LogP contribution in [0.25, 0.3) is 0 Å². The van der Waals surface area contributed by atoms with E-state index >= 15 is 0 Å². The highest BCUT2D eigenvalue weighted by atomic mass is 32.2. The number of thioether (sulfide) groups is 1. The lowest BCUT2D eigenvalue weighted by Crippen LogP contribution is -2.53. The molecule has 2 saturated heterocycles. The topological polar surface area (TPSA) is 54.5 Å². The van der Waals surface area contributed by atoms with Crippen molar-refractivity contribution in [1.29, 1.82) is 0 Å². The Balaban J connectivity index is 2.29. The number of carbonyl (C=O) groups excluding carboxylic acids is 3. The first kappa shape index (κ1) is 8.32. The number of fused-ring (bicyclic) bond motifs is 1. The van der Waals surface area contributed by atoms with Crippen LogP contribution < -0.4 is 0 Å². The molecule has 1 atom stereocenters. The van der Waals surface area contributed by atoms with E-state index < -0.39 is 0 Å². The maximum absolute atomic E-state index is 11.0. The Morgan fingerprint density at radius 3 is 2.69 bits per heavy atom. The Morgan fingerprint density at radius 1 is 1.38 bits per heavy atom. The van der Waals surface area contributed by atoms with Gasteiger partial charge in [0, 0.05) is 0 Å². The van der Waals surface area contributed by atoms with Crippen molar-refractivity contribution in [3.63, 3.8) is 0 Å². The molecular weight excluding hydrogens is 190 g/mol. The van der Waals surface area contributed by atoms with Crippen molar-refractivity contribution in [1.82, 2.24) is 4.90 Å². The smallest absolute Gasteiger partial charge is 0.226 e. The fourth-order valence-electron chi connectivity index (χ4n) is 1.33. The fraction of sp³-hybridized carbons (Fsp3) is 0.375. The Kier molecular flexibility index (Phi) is 1.85. The van der Waals surface area contributed by atoms with Crippen LogP contribution in [0.3, 0.4) is 0 Å². The van der Waals surface area contributed by atoms with Gasteiger partial charge < -0.3 is 4.90 Å². The molecule has 66 valence electrons. The molecule has 2 aliphatic heterocycles. The summed E-state index contributed by atoms with van der Waals surface area (Å²) < 4.78 is 0. The summed E-state index contributed by atoms with van der Waals surface area (Å²) in [6.07, 6.45) is 0.446. The SMILES string of the molecule is O=C=C1CN2C(=O)C[C@H]2SC1=C=O. The molecule has 0 aliphatic carbocycles. The van der Waals surface area contributed by atoms with E-state index in [1.165, 1.54) is 11.8 Å². The second kappa shape index (κ2) is 2.89. The monoisotopic (exact) mass is 195 g/mol. The molecular formula is C8H5NO3S. The third-order valence-electron chi connectivity index (χ3n) is 2.09. The van der Waals surface area contributed by atoms with Gasteiger partial charge in [-0.25, -0.2) is 9.59 Å². The zero-order valence-electron chi connectivity index (χ0n) is 6.57. The summed E-state index contributed by atoms with van der Waals surface area (Å²) in [4.78, 5) is 33.6. The first-order chi connectivity index (χ1) is 6.26. The number of nitrogens with zero attached hydrogens (tertiary/aromatic N) is 1. The van der Waals surface area contributed by atoms with Crippen molar-refractivity contribution < 1.29 is 14.4 Å². The predicted molar refractivity (Wildman–Crippen MR) is 46.1 cm³/mol. The number of amides is 1. The molecule has 13 heavy (non-hydrogen) atoms. The lowest BCUT2D eigenvalue weighted by atomic mass is 10.1. The van der Waals surface area contributed by atoms with Gasteiger partial charge in [0.1, 0.15) is 16.8 Å². The minimum absolute atomic E-state index is 0.0233. The van der Waals surface area contributed by atoms with Crippen LogP contribution in [0.2, 0.25) is 0 Å². The summed E-state index contributed by atoms with van der Waals surface area (Å²) in [5.41, 5.74) is 0.240. The maximum atomic E-state index is 11.0. The van der Waals surface area contributed by atoms with Crippen molar-refractivity contribution in [2.75, 3.05) is 6.54 Å². The van der Waals surface area contributed by atoms with Crippen molar-refractivity contribution >= 4 is 29.6 Å². The van der Waals surface area contributed by atoms with Crippen molar-refractivity contribution in [3.8, 4) is 0 Å². The lowest BCUT2D eigenvalue weighted by molar-refractivity contribution is -0.140. The van der Waals surface area contributed by atoms with E-state index in [-0.39, 0.29) is 23.4 Å². The minimum Gasteiger partial charge on any atom is -0.325 e. The van der Waals surface area contributed by atoms with Gasteiger partial charge in [-0.2, -0.15) is 0 Å². The Hall–Kier alpha value is -1.28. The van der Waals surface area contributed by atoms with Gasteiger partial charge in [0.05, 0.1) is 23.9 Å². The fourth-order valence-corrected chi connectivity index (χ4v) is 2.45. The number of hydrogen-bond acceptors (Lipinski definition) is 4. The van der Waals surface area contributed by atoms with Crippen LogP contribution in [-0.2, 0) is 14.4 Å². The van der Waals surface area contributed by atoms with Gasteiger partial charge in [0.25, 0.3) is 0 Å². The van der Waals surface area contributed by atoms with Crippen LogP contribution in [0.5, 0.6) is 0 Å². The van der Waals surface area contributed by atoms with E-state index in [4.69, 9.17) is 0 Å². The quantitative estimate of drug-likeness (QED) is 0.395. The summed E-state index contributed by atoms with van der Waals surface area (Å²) in [6.45, 7) is 0.213. The van der Waals surface area contributed by atoms with Crippen molar-refractivity contribution in [3.05, 3.63) is 10.5 Å². The highest BCUT2D eigenvalue weighted by Crippen LogP contribution is 2.40. The van der Waals surface area contributed by atoms with E-state index in [1.807, 2.05) is 0 Å². The third-order valence-corrected chi connectivity index (χ3v) is 3.35. The average Bonchev–Trinajstić information content (AvgIpc) is 2.15. The Bertz CT molecular complexity index is 377. The van der Waals surface area contributed by atoms with Crippen LogP contribution in [0.1, 0.15) is 6.42 Å². The van der Waals surface area contributed by atoms with E-state index in [0.717, 1.165) is 0 Å². The average molecular weight is 195 g/mol. The molecule has 0 aromatic rings. The van der Waals surface area contributed by atoms with Crippen LogP contribution in [-0.4, -0.2) is 34.6 Å². The van der Waals surface area contributed by atoms with Gasteiger partial charge in [-0.1, -0.05) is 11.8 Å². The molecule has 0 unspecified atom stereocenters. The van der Waals surface area contributed by atoms with Gasteiger partial charge in [-0.05, 0) is 0 Å². The number of carbonyl (C=O) groups is 1. The first-order valence-corrected chi connectivity index (χ1v) is 4.60. The Morgan fingerprint density at radius 2 is 2.15 bits per heavy atom. The predicted octanol–water partition coefficient (Wildman–Crippen LogP) is -0.235. The maximum Gasteiger partial charge on any atom is 0.226 e. The summed E-state index contributed by atoms with van der Waals surface area (Å²) >= 11 is 1.22. The zero-order valence-corrected chi connectivity index (χ0v) is 7.39. The molecule has 1 amide bonds. The normalized spacial score (nSPS) is 26.0. The summed E-state index contributed by atoms with van der Waals surface area (Å²) in [5.74, 6) is 3.38. The van der Waals surface area contributed by atoms with E-state index in [1.54, 1.807) is 16.8 Å². The highest BCUT2D eigenvalue weighted by molar-refractivity contribution is 8.04. The summed E-state index contributed by atoms with van der Waals surface area (Å²) in [6, 6.07) is 0. The number of β-lactam (4-membered cyclic amide) rings is 1. The molecule has 2 aliphatic rings. The molecule has 0 aromatic heterocycles. The molecule has 5 heteroatoms. The minimum atomic E-state index is 0.0233. The van der Waals surface area contributed by atoms with Gasteiger partial charge >= 0.3 is 0 Å². The van der Waals surface area contributed by atoms with Gasteiger partial charge in [-0.15, -0.1) is 0 Å². The lowest BCUT2D eigenvalue weighted by Gasteiger charge is -2.43. The molecule has 0 N–H and O–H groups in total. The molecule has 0 saturated carbocycles. The molecule has 0 radical (unpaired) electrons. The zero-order chi connectivity index (χ0) is 9.42. The summed E-state index contributed by atoms with van der Waals surface area (Å²) in [7, 11) is 0. The highest BCUT2D eigenvalue weighted by Gasteiger charge is 2.42. The first-order valence-electron chi connectivity index (χ1n) is 3.72. The van der Waals surface area contributed by atoms with Gasteiger partial charge in [-0.3, -0.25) is 4.79 Å². The van der Waals surface area contributed by atoms with Crippen molar-refractivity contribution in [2.45, 2.75) is 11.8 Å². The third kappa shape index (κ3) is 1.14. The largest absolute Gasteiger partial charge is 0.325 e. The molecule has 0 spiro atoms. The number of hydrogen-bond donors (Lipinski definition) is 0. The second-order valence-electron chi connectivity index (χ2n) is 2.81. The molecule has 0 bridgehead atoms. The molecule has 2 fully saturated rings. The molecule has 0 aromatic carbocycles. The van der Waals surface area contributed by atoms with Gasteiger partial charge in [0.15, 0.2) is 0 Å². The van der Waals surface area contributed by atoms with E-state index in [0.29, 0.717) is 11.3 Å². The van der Waals surface area contributed by atoms with Gasteiger partial charge in [0.2, 0.25) is 5.91 Å². The number of rotatable bonds is 0. The van der Waals surface area contributed by atoms with Crippen LogP contribution >= 0.6 is 11.8 Å². The molecule has 4 nitrogen and oxygen atoms in total. The van der Waals surface area contributed by atoms with Crippen molar-refractivity contribution in [2.24, 2.45) is 0 Å². The van der Waals surface area contributed by atoms with E-state index in [2.05, 4.69) is 0 Å².